The predicted molar refractivity (Wildman–Crippen MR) is 162 cm³/mol. The molecule has 1 N–H and O–H groups in total. The second-order valence-corrected chi connectivity index (χ2v) is 13.5. The van der Waals surface area contributed by atoms with Gasteiger partial charge in [-0.1, -0.05) is 59.1 Å². The minimum Gasteiger partial charge on any atom is -0.350 e. The number of sulfonamides is 1. The number of amides is 2. The highest BCUT2D eigenvalue weighted by atomic mass is 35.5. The fourth-order valence-electron chi connectivity index (χ4n) is 4.04. The van der Waals surface area contributed by atoms with E-state index in [1.165, 1.54) is 17.0 Å². The topological polar surface area (TPSA) is 86.8 Å². The Labute approximate surface area is 251 Å². The molecular weight excluding hydrogens is 593 g/mol. The molecule has 0 radical (unpaired) electrons. The normalized spacial score (nSPS) is 12.5. The van der Waals surface area contributed by atoms with Gasteiger partial charge in [0.1, 0.15) is 12.6 Å². The van der Waals surface area contributed by atoms with Crippen LogP contribution in [0.2, 0.25) is 15.1 Å². The SMILES string of the molecule is Cc1cc(Cl)ccc1N(CC(=O)N(Cc1c(Cl)cccc1Cl)[C@H](C)C(=O)NC(C)(C)C)S(=O)(=O)c1ccccc1. The van der Waals surface area contributed by atoms with Crippen molar-refractivity contribution < 1.29 is 18.0 Å². The summed E-state index contributed by atoms with van der Waals surface area (Å²) in [4.78, 5) is 28.6. The Balaban J connectivity index is 2.10. The number of nitrogens with zero attached hydrogens (tertiary/aromatic N) is 2. The van der Waals surface area contributed by atoms with Gasteiger partial charge in [-0.2, -0.15) is 0 Å². The van der Waals surface area contributed by atoms with E-state index in [1.54, 1.807) is 68.4 Å². The number of aryl methyl sites for hydroxylation is 1. The first-order valence-corrected chi connectivity index (χ1v) is 15.1. The lowest BCUT2D eigenvalue weighted by atomic mass is 10.1. The average molecular weight is 625 g/mol. The summed E-state index contributed by atoms with van der Waals surface area (Å²) in [6, 6.07) is 16.5. The molecule has 11 heteroatoms. The molecule has 214 valence electrons. The molecular formula is C29H32Cl3N3O4S. The van der Waals surface area contributed by atoms with Gasteiger partial charge < -0.3 is 10.2 Å². The third-order valence-electron chi connectivity index (χ3n) is 6.09. The van der Waals surface area contributed by atoms with Crippen molar-refractivity contribution in [3.63, 3.8) is 0 Å². The van der Waals surface area contributed by atoms with Crippen LogP contribution >= 0.6 is 34.8 Å². The molecule has 0 fully saturated rings. The third-order valence-corrected chi connectivity index (χ3v) is 8.81. The number of rotatable bonds is 9. The number of hydrogen-bond acceptors (Lipinski definition) is 4. The zero-order chi connectivity index (χ0) is 29.8. The first-order chi connectivity index (χ1) is 18.6. The van der Waals surface area contributed by atoms with E-state index in [0.29, 0.717) is 26.2 Å². The molecule has 1 atom stereocenters. The summed E-state index contributed by atoms with van der Waals surface area (Å²) < 4.78 is 28.8. The molecule has 0 saturated heterocycles. The van der Waals surface area contributed by atoms with Crippen LogP contribution in [0.4, 0.5) is 5.69 Å². The van der Waals surface area contributed by atoms with Crippen LogP contribution in [0.3, 0.4) is 0 Å². The highest BCUT2D eigenvalue weighted by Gasteiger charge is 2.34. The van der Waals surface area contributed by atoms with Crippen molar-refractivity contribution in [3.8, 4) is 0 Å². The Morgan fingerprint density at radius 1 is 0.925 bits per heavy atom. The molecule has 0 aliphatic rings. The summed E-state index contributed by atoms with van der Waals surface area (Å²) in [7, 11) is -4.19. The molecule has 0 aromatic heterocycles. The number of carbonyl (C=O) groups excluding carboxylic acids is 2. The van der Waals surface area contributed by atoms with Crippen molar-refractivity contribution in [2.75, 3.05) is 10.8 Å². The van der Waals surface area contributed by atoms with Crippen LogP contribution in [0.1, 0.15) is 38.8 Å². The van der Waals surface area contributed by atoms with E-state index in [0.717, 1.165) is 4.31 Å². The number of nitrogens with one attached hydrogen (secondary N) is 1. The molecule has 3 aromatic rings. The van der Waals surface area contributed by atoms with Gasteiger partial charge in [0, 0.05) is 32.7 Å². The van der Waals surface area contributed by atoms with E-state index >= 15 is 0 Å². The molecule has 3 aromatic carbocycles. The summed E-state index contributed by atoms with van der Waals surface area (Å²) in [5, 5.41) is 3.94. The van der Waals surface area contributed by atoms with Crippen molar-refractivity contribution >= 4 is 62.3 Å². The molecule has 7 nitrogen and oxygen atoms in total. The smallest absolute Gasteiger partial charge is 0.264 e. The lowest BCUT2D eigenvalue weighted by Crippen LogP contribution is -2.54. The third kappa shape index (κ3) is 7.69. The zero-order valence-electron chi connectivity index (χ0n) is 22.9. The van der Waals surface area contributed by atoms with Crippen molar-refractivity contribution in [1.29, 1.82) is 0 Å². The van der Waals surface area contributed by atoms with Crippen molar-refractivity contribution in [2.24, 2.45) is 0 Å². The zero-order valence-corrected chi connectivity index (χ0v) is 26.0. The molecule has 0 spiro atoms. The average Bonchev–Trinajstić information content (AvgIpc) is 2.86. The summed E-state index contributed by atoms with van der Waals surface area (Å²) in [6.07, 6.45) is 0. The Hall–Kier alpha value is -2.78. The number of benzene rings is 3. The van der Waals surface area contributed by atoms with Gasteiger partial charge in [0.15, 0.2) is 0 Å². The fraction of sp³-hybridized carbons (Fsp3) is 0.310. The quantitative estimate of drug-likeness (QED) is 0.295. The number of carbonyl (C=O) groups is 2. The van der Waals surface area contributed by atoms with Crippen LogP contribution in [0.5, 0.6) is 0 Å². The van der Waals surface area contributed by atoms with E-state index in [4.69, 9.17) is 34.8 Å². The summed E-state index contributed by atoms with van der Waals surface area (Å²) in [5.74, 6) is -1.04. The van der Waals surface area contributed by atoms with Gasteiger partial charge in [0.2, 0.25) is 11.8 Å². The summed E-state index contributed by atoms with van der Waals surface area (Å²) in [5.41, 5.74) is 0.712. The molecule has 2 amide bonds. The maximum absolute atomic E-state index is 14.0. The number of hydrogen-bond donors (Lipinski definition) is 1. The summed E-state index contributed by atoms with van der Waals surface area (Å²) >= 11 is 19.0. The van der Waals surface area contributed by atoms with Gasteiger partial charge in [-0.05, 0) is 82.6 Å². The van der Waals surface area contributed by atoms with Crippen molar-refractivity contribution in [3.05, 3.63) is 92.9 Å². The molecule has 0 saturated carbocycles. The maximum atomic E-state index is 14.0. The van der Waals surface area contributed by atoms with Gasteiger partial charge in [-0.25, -0.2) is 8.42 Å². The Kier molecular flexibility index (Phi) is 10.2. The largest absolute Gasteiger partial charge is 0.350 e. The Morgan fingerprint density at radius 2 is 1.52 bits per heavy atom. The second kappa shape index (κ2) is 12.8. The number of anilines is 1. The minimum atomic E-state index is -4.19. The summed E-state index contributed by atoms with van der Waals surface area (Å²) in [6.45, 7) is 8.06. The lowest BCUT2D eigenvalue weighted by Gasteiger charge is -2.34. The van der Waals surface area contributed by atoms with Crippen LogP contribution in [-0.2, 0) is 26.2 Å². The van der Waals surface area contributed by atoms with E-state index < -0.39 is 40.0 Å². The van der Waals surface area contributed by atoms with Gasteiger partial charge in [-0.3, -0.25) is 13.9 Å². The van der Waals surface area contributed by atoms with E-state index in [1.807, 2.05) is 20.8 Å². The van der Waals surface area contributed by atoms with E-state index in [2.05, 4.69) is 5.32 Å². The second-order valence-electron chi connectivity index (χ2n) is 10.4. The van der Waals surface area contributed by atoms with Gasteiger partial charge in [-0.15, -0.1) is 0 Å². The minimum absolute atomic E-state index is 0.0105. The van der Waals surface area contributed by atoms with Crippen LogP contribution < -0.4 is 9.62 Å². The van der Waals surface area contributed by atoms with Gasteiger partial charge >= 0.3 is 0 Å². The van der Waals surface area contributed by atoms with Crippen molar-refractivity contribution in [1.82, 2.24) is 10.2 Å². The Bertz CT molecular complexity index is 1470. The lowest BCUT2D eigenvalue weighted by molar-refractivity contribution is -0.140. The molecule has 40 heavy (non-hydrogen) atoms. The first kappa shape index (κ1) is 31.7. The molecule has 0 unspecified atom stereocenters. The fourth-order valence-corrected chi connectivity index (χ4v) is 6.29. The molecule has 0 aliphatic heterocycles. The molecule has 0 bridgehead atoms. The Morgan fingerprint density at radius 3 is 2.08 bits per heavy atom. The highest BCUT2D eigenvalue weighted by molar-refractivity contribution is 7.92. The van der Waals surface area contributed by atoms with Gasteiger partial charge in [0.25, 0.3) is 10.0 Å². The van der Waals surface area contributed by atoms with Crippen LogP contribution in [-0.4, -0.2) is 43.3 Å². The monoisotopic (exact) mass is 623 g/mol. The standard InChI is InChI=1S/C29H32Cl3N3O4S/c1-19-16-21(30)14-15-26(19)35(40(38,39)22-10-7-6-8-11-22)18-27(36)34(20(2)28(37)33-29(3,4)5)17-23-24(31)12-9-13-25(23)32/h6-16,20H,17-18H2,1-5H3,(H,33,37)/t20-/m1/s1. The maximum Gasteiger partial charge on any atom is 0.264 e. The van der Waals surface area contributed by atoms with E-state index in [-0.39, 0.29) is 17.1 Å². The number of halogens is 3. The van der Waals surface area contributed by atoms with Crippen LogP contribution in [0, 0.1) is 6.92 Å². The highest BCUT2D eigenvalue weighted by Crippen LogP contribution is 2.30. The molecule has 3 rings (SSSR count). The van der Waals surface area contributed by atoms with Crippen LogP contribution in [0.25, 0.3) is 0 Å². The van der Waals surface area contributed by atoms with E-state index in [9.17, 15) is 18.0 Å². The van der Waals surface area contributed by atoms with Gasteiger partial charge in [0.05, 0.1) is 10.6 Å². The predicted octanol–water partition coefficient (Wildman–Crippen LogP) is 6.48. The molecule has 0 heterocycles. The molecule has 0 aliphatic carbocycles. The first-order valence-electron chi connectivity index (χ1n) is 12.5. The van der Waals surface area contributed by atoms with Crippen molar-refractivity contribution in [2.45, 2.75) is 57.6 Å². The van der Waals surface area contributed by atoms with Crippen LogP contribution in [0.15, 0.2) is 71.6 Å².